The van der Waals surface area contributed by atoms with Gasteiger partial charge in [0.25, 0.3) is 11.8 Å². The minimum absolute atomic E-state index is 0.0299. The van der Waals surface area contributed by atoms with Crippen molar-refractivity contribution in [1.82, 2.24) is 9.88 Å². The van der Waals surface area contributed by atoms with Crippen LogP contribution in [0.4, 0.5) is 5.69 Å². The summed E-state index contributed by atoms with van der Waals surface area (Å²) in [6.07, 6.45) is 2.86. The van der Waals surface area contributed by atoms with Crippen LogP contribution in [0.1, 0.15) is 45.7 Å². The van der Waals surface area contributed by atoms with Gasteiger partial charge in [0.1, 0.15) is 6.07 Å². The van der Waals surface area contributed by atoms with Crippen LogP contribution in [0.3, 0.4) is 0 Å². The first-order chi connectivity index (χ1) is 14.5. The van der Waals surface area contributed by atoms with Gasteiger partial charge in [-0.1, -0.05) is 42.5 Å². The number of nitrogens with one attached hydrogen (secondary N) is 1. The van der Waals surface area contributed by atoms with E-state index in [-0.39, 0.29) is 17.5 Å². The Balaban J connectivity index is 1.81. The van der Waals surface area contributed by atoms with Crippen LogP contribution in [0.15, 0.2) is 73.1 Å². The van der Waals surface area contributed by atoms with Gasteiger partial charge in [0.15, 0.2) is 0 Å². The van der Waals surface area contributed by atoms with Crippen molar-refractivity contribution in [1.29, 1.82) is 5.26 Å². The zero-order chi connectivity index (χ0) is 21.5. The van der Waals surface area contributed by atoms with E-state index in [1.165, 1.54) is 18.5 Å². The van der Waals surface area contributed by atoms with Crippen molar-refractivity contribution >= 4 is 17.5 Å². The smallest absolute Gasteiger partial charge is 0.257 e. The van der Waals surface area contributed by atoms with Crippen molar-refractivity contribution in [2.75, 3.05) is 5.32 Å². The second-order valence-electron chi connectivity index (χ2n) is 7.09. The van der Waals surface area contributed by atoms with E-state index in [1.807, 2.05) is 50.2 Å². The van der Waals surface area contributed by atoms with Gasteiger partial charge >= 0.3 is 0 Å². The van der Waals surface area contributed by atoms with Gasteiger partial charge in [0.2, 0.25) is 0 Å². The summed E-state index contributed by atoms with van der Waals surface area (Å²) in [4.78, 5) is 31.6. The minimum atomic E-state index is -0.431. The van der Waals surface area contributed by atoms with E-state index in [0.717, 1.165) is 5.56 Å². The molecular weight excluding hydrogens is 376 g/mol. The Morgan fingerprint density at radius 2 is 1.70 bits per heavy atom. The number of carbonyl (C=O) groups is 2. The molecule has 0 radical (unpaired) electrons. The van der Waals surface area contributed by atoms with Gasteiger partial charge in [-0.25, -0.2) is 0 Å². The lowest BCUT2D eigenvalue weighted by atomic mass is 10.1. The van der Waals surface area contributed by atoms with Crippen molar-refractivity contribution in [3.63, 3.8) is 0 Å². The third kappa shape index (κ3) is 4.89. The molecule has 0 spiro atoms. The van der Waals surface area contributed by atoms with E-state index in [0.29, 0.717) is 23.4 Å². The molecule has 0 aliphatic heterocycles. The molecule has 2 amide bonds. The third-order valence-corrected chi connectivity index (χ3v) is 4.62. The SMILES string of the molecule is CC(C)N(Cc1ccccc1)C(=O)c1cncc(C(=O)Nc2ccccc2C#N)c1. The van der Waals surface area contributed by atoms with E-state index in [2.05, 4.69) is 10.3 Å². The van der Waals surface area contributed by atoms with Crippen LogP contribution in [0, 0.1) is 11.3 Å². The second-order valence-corrected chi connectivity index (χ2v) is 7.09. The zero-order valence-corrected chi connectivity index (χ0v) is 16.9. The molecule has 1 N–H and O–H groups in total. The molecule has 1 heterocycles. The number of hydrogen-bond acceptors (Lipinski definition) is 4. The van der Waals surface area contributed by atoms with E-state index in [1.54, 1.807) is 29.2 Å². The zero-order valence-electron chi connectivity index (χ0n) is 16.9. The fraction of sp³-hybridized carbons (Fsp3) is 0.167. The first-order valence-corrected chi connectivity index (χ1v) is 9.60. The normalized spacial score (nSPS) is 10.3. The summed E-state index contributed by atoms with van der Waals surface area (Å²) >= 11 is 0. The van der Waals surface area contributed by atoms with Crippen molar-refractivity contribution in [3.05, 3.63) is 95.3 Å². The maximum absolute atomic E-state index is 13.1. The lowest BCUT2D eigenvalue weighted by molar-refractivity contribution is 0.0690. The fourth-order valence-corrected chi connectivity index (χ4v) is 3.00. The average Bonchev–Trinajstić information content (AvgIpc) is 2.78. The molecule has 0 aliphatic carbocycles. The minimum Gasteiger partial charge on any atom is -0.332 e. The molecule has 2 aromatic carbocycles. The van der Waals surface area contributed by atoms with E-state index < -0.39 is 5.91 Å². The number of pyridine rings is 1. The number of nitriles is 1. The van der Waals surface area contributed by atoms with Gasteiger partial charge in [-0.2, -0.15) is 5.26 Å². The maximum atomic E-state index is 13.1. The largest absolute Gasteiger partial charge is 0.332 e. The number of aromatic nitrogens is 1. The van der Waals surface area contributed by atoms with E-state index >= 15 is 0 Å². The number of rotatable bonds is 6. The highest BCUT2D eigenvalue weighted by Crippen LogP contribution is 2.17. The lowest BCUT2D eigenvalue weighted by Crippen LogP contribution is -2.36. The molecule has 0 saturated heterocycles. The van der Waals surface area contributed by atoms with Crippen molar-refractivity contribution in [3.8, 4) is 6.07 Å². The molecule has 6 heteroatoms. The molecule has 0 bridgehead atoms. The third-order valence-electron chi connectivity index (χ3n) is 4.62. The van der Waals surface area contributed by atoms with Gasteiger partial charge in [0, 0.05) is 25.0 Å². The van der Waals surface area contributed by atoms with Gasteiger partial charge in [-0.05, 0) is 37.6 Å². The van der Waals surface area contributed by atoms with Gasteiger partial charge in [-0.3, -0.25) is 14.6 Å². The monoisotopic (exact) mass is 398 g/mol. The van der Waals surface area contributed by atoms with Gasteiger partial charge < -0.3 is 10.2 Å². The molecule has 0 fully saturated rings. The Morgan fingerprint density at radius 3 is 2.40 bits per heavy atom. The van der Waals surface area contributed by atoms with Gasteiger partial charge in [-0.15, -0.1) is 0 Å². The van der Waals surface area contributed by atoms with Crippen LogP contribution < -0.4 is 5.32 Å². The number of hydrogen-bond donors (Lipinski definition) is 1. The highest BCUT2D eigenvalue weighted by molar-refractivity contribution is 6.06. The molecule has 1 aromatic heterocycles. The predicted octanol–water partition coefficient (Wildman–Crippen LogP) is 4.26. The average molecular weight is 398 g/mol. The topological polar surface area (TPSA) is 86.1 Å². The molecule has 6 nitrogen and oxygen atoms in total. The summed E-state index contributed by atoms with van der Waals surface area (Å²) in [5, 5.41) is 11.9. The van der Waals surface area contributed by atoms with Crippen molar-refractivity contribution in [2.45, 2.75) is 26.4 Å². The highest BCUT2D eigenvalue weighted by Gasteiger charge is 2.21. The summed E-state index contributed by atoms with van der Waals surface area (Å²) < 4.78 is 0. The molecule has 150 valence electrons. The number of amides is 2. The van der Waals surface area contributed by atoms with Gasteiger partial charge in [0.05, 0.1) is 22.4 Å². The standard InChI is InChI=1S/C24H22N4O2/c1-17(2)28(16-18-8-4-3-5-9-18)24(30)21-12-20(14-26-15-21)23(29)27-22-11-7-6-10-19(22)13-25/h3-12,14-15,17H,16H2,1-2H3,(H,27,29). The first-order valence-electron chi connectivity index (χ1n) is 9.60. The van der Waals surface area contributed by atoms with Crippen molar-refractivity contribution in [2.24, 2.45) is 0 Å². The summed E-state index contributed by atoms with van der Waals surface area (Å²) in [5.74, 6) is -0.632. The van der Waals surface area contributed by atoms with Crippen molar-refractivity contribution < 1.29 is 9.59 Å². The Kier molecular flexibility index (Phi) is 6.56. The maximum Gasteiger partial charge on any atom is 0.257 e. The molecular formula is C24H22N4O2. The quantitative estimate of drug-likeness (QED) is 0.672. The first kappa shape index (κ1) is 20.7. The molecule has 0 aliphatic rings. The summed E-state index contributed by atoms with van der Waals surface area (Å²) in [6, 6.07) is 20.0. The number of benzene rings is 2. The molecule has 0 saturated carbocycles. The van der Waals surface area contributed by atoms with Crippen LogP contribution in [0.25, 0.3) is 0 Å². The molecule has 0 atom stereocenters. The molecule has 30 heavy (non-hydrogen) atoms. The Morgan fingerprint density at radius 1 is 1.03 bits per heavy atom. The van der Waals surface area contributed by atoms with Crippen LogP contribution in [0.5, 0.6) is 0 Å². The number of anilines is 1. The molecule has 0 unspecified atom stereocenters. The number of carbonyl (C=O) groups excluding carboxylic acids is 2. The highest BCUT2D eigenvalue weighted by atomic mass is 16.2. The van der Waals surface area contributed by atoms with Crippen LogP contribution in [-0.2, 0) is 6.54 Å². The summed E-state index contributed by atoms with van der Waals surface area (Å²) in [6.45, 7) is 4.36. The fourth-order valence-electron chi connectivity index (χ4n) is 3.00. The molecule has 3 aromatic rings. The number of nitrogens with zero attached hydrogens (tertiary/aromatic N) is 3. The van der Waals surface area contributed by atoms with E-state index in [4.69, 9.17) is 0 Å². The molecule has 3 rings (SSSR count). The van der Waals surface area contributed by atoms with Crippen LogP contribution in [-0.4, -0.2) is 27.7 Å². The predicted molar refractivity (Wildman–Crippen MR) is 115 cm³/mol. The lowest BCUT2D eigenvalue weighted by Gasteiger charge is -2.27. The van der Waals surface area contributed by atoms with Crippen LogP contribution in [0.2, 0.25) is 0 Å². The summed E-state index contributed by atoms with van der Waals surface area (Å²) in [7, 11) is 0. The van der Waals surface area contributed by atoms with Crippen LogP contribution >= 0.6 is 0 Å². The number of para-hydroxylation sites is 1. The Hall–Kier alpha value is -3.98. The Labute approximate surface area is 175 Å². The Bertz CT molecular complexity index is 1090. The second kappa shape index (κ2) is 9.48. The summed E-state index contributed by atoms with van der Waals surface area (Å²) in [5.41, 5.74) is 2.38. The van der Waals surface area contributed by atoms with E-state index in [9.17, 15) is 14.9 Å².